The average Bonchev–Trinajstić information content (AvgIpc) is 2.56. The minimum Gasteiger partial charge on any atom is -0.492 e. The van der Waals surface area contributed by atoms with E-state index in [1.165, 1.54) is 5.56 Å². The number of para-hydroxylation sites is 2. The quantitative estimate of drug-likeness (QED) is 0.739. The summed E-state index contributed by atoms with van der Waals surface area (Å²) in [6.07, 6.45) is 0. The highest BCUT2D eigenvalue weighted by atomic mass is 32.1. The van der Waals surface area contributed by atoms with Crippen LogP contribution in [0.15, 0.2) is 48.5 Å². The Morgan fingerprint density at radius 1 is 1.08 bits per heavy atom. The molecule has 0 aliphatic rings. The molecule has 5 heteroatoms. The van der Waals surface area contributed by atoms with Gasteiger partial charge in [-0.15, -0.1) is 0 Å². The summed E-state index contributed by atoms with van der Waals surface area (Å²) in [6.45, 7) is 7.17. The Morgan fingerprint density at radius 2 is 1.79 bits per heavy atom. The summed E-state index contributed by atoms with van der Waals surface area (Å²) in [6, 6.07) is 15.8. The van der Waals surface area contributed by atoms with Gasteiger partial charge >= 0.3 is 0 Å². The molecular formula is C19H24N2O2S. The number of benzene rings is 2. The Hall–Kier alpha value is -2.27. The van der Waals surface area contributed by atoms with Crippen LogP contribution in [-0.2, 0) is 0 Å². The van der Waals surface area contributed by atoms with Crippen LogP contribution in [0.5, 0.6) is 11.5 Å². The third kappa shape index (κ3) is 5.74. The topological polar surface area (TPSA) is 42.5 Å². The molecule has 2 aromatic rings. The summed E-state index contributed by atoms with van der Waals surface area (Å²) < 4.78 is 11.3. The van der Waals surface area contributed by atoms with Crippen LogP contribution >= 0.6 is 12.2 Å². The molecule has 128 valence electrons. The Morgan fingerprint density at radius 3 is 2.50 bits per heavy atom. The van der Waals surface area contributed by atoms with Crippen molar-refractivity contribution in [3.63, 3.8) is 0 Å². The molecule has 0 radical (unpaired) electrons. The van der Waals surface area contributed by atoms with Gasteiger partial charge in [0, 0.05) is 0 Å². The van der Waals surface area contributed by atoms with Crippen LogP contribution in [0.25, 0.3) is 0 Å². The van der Waals surface area contributed by atoms with Crippen LogP contribution in [0.1, 0.15) is 19.4 Å². The third-order valence-corrected chi connectivity index (χ3v) is 3.55. The minimum atomic E-state index is 0.0746. The Balaban J connectivity index is 1.82. The smallest absolute Gasteiger partial charge is 0.171 e. The van der Waals surface area contributed by atoms with E-state index in [2.05, 4.69) is 17.6 Å². The molecule has 0 fully saturated rings. The molecule has 0 aromatic heterocycles. The summed E-state index contributed by atoms with van der Waals surface area (Å²) in [4.78, 5) is 0. The first-order valence-corrected chi connectivity index (χ1v) is 8.48. The van der Waals surface area contributed by atoms with E-state index in [0.717, 1.165) is 17.2 Å². The van der Waals surface area contributed by atoms with Gasteiger partial charge in [0.25, 0.3) is 0 Å². The van der Waals surface area contributed by atoms with E-state index < -0.39 is 0 Å². The molecule has 0 bridgehead atoms. The third-order valence-electron chi connectivity index (χ3n) is 3.33. The van der Waals surface area contributed by atoms with Crippen molar-refractivity contribution in [1.82, 2.24) is 5.32 Å². The second-order valence-electron chi connectivity index (χ2n) is 5.55. The molecule has 0 aliphatic carbocycles. The predicted molar refractivity (Wildman–Crippen MR) is 103 cm³/mol. The maximum atomic E-state index is 5.76. The van der Waals surface area contributed by atoms with Crippen molar-refractivity contribution in [2.24, 2.45) is 0 Å². The highest BCUT2D eigenvalue weighted by Gasteiger charge is 2.08. The van der Waals surface area contributed by atoms with Crippen LogP contribution in [0.3, 0.4) is 0 Å². The molecular weight excluding hydrogens is 320 g/mol. The molecule has 0 spiro atoms. The van der Waals surface area contributed by atoms with E-state index in [1.807, 2.05) is 62.4 Å². The first-order chi connectivity index (χ1) is 11.6. The number of hydrogen-bond acceptors (Lipinski definition) is 3. The van der Waals surface area contributed by atoms with Crippen LogP contribution in [0.4, 0.5) is 5.69 Å². The molecule has 0 aliphatic heterocycles. The maximum Gasteiger partial charge on any atom is 0.171 e. The summed E-state index contributed by atoms with van der Waals surface area (Å²) in [5.41, 5.74) is 2.07. The zero-order chi connectivity index (χ0) is 17.4. The summed E-state index contributed by atoms with van der Waals surface area (Å²) >= 11 is 5.37. The number of thiocarbonyl (C=S) groups is 1. The number of rotatable bonds is 7. The van der Waals surface area contributed by atoms with Crippen molar-refractivity contribution in [3.8, 4) is 11.5 Å². The largest absolute Gasteiger partial charge is 0.492 e. The molecule has 24 heavy (non-hydrogen) atoms. The number of anilines is 1. The zero-order valence-electron chi connectivity index (χ0n) is 14.3. The van der Waals surface area contributed by atoms with E-state index in [0.29, 0.717) is 18.3 Å². The molecule has 0 saturated carbocycles. The van der Waals surface area contributed by atoms with E-state index in [4.69, 9.17) is 21.7 Å². The van der Waals surface area contributed by atoms with E-state index in [1.54, 1.807) is 0 Å². The van der Waals surface area contributed by atoms with Gasteiger partial charge < -0.3 is 20.1 Å². The standard InChI is InChI=1S/C19H24N2O2S/c1-4-22-18-8-6-5-7-17(18)21-19(24)20-15(3)13-23-16-11-9-14(2)10-12-16/h5-12,15H,4,13H2,1-3H3,(H2,20,21,24)/t15-/m0/s1. The first kappa shape index (κ1) is 18.1. The highest BCUT2D eigenvalue weighted by molar-refractivity contribution is 7.80. The Bertz CT molecular complexity index is 659. The van der Waals surface area contributed by atoms with Gasteiger partial charge in [-0.2, -0.15) is 0 Å². The van der Waals surface area contributed by atoms with Crippen molar-refractivity contribution in [3.05, 3.63) is 54.1 Å². The van der Waals surface area contributed by atoms with E-state index in [-0.39, 0.29) is 6.04 Å². The molecule has 2 aromatic carbocycles. The Kier molecular flexibility index (Phi) is 6.88. The van der Waals surface area contributed by atoms with Crippen molar-refractivity contribution >= 4 is 23.0 Å². The highest BCUT2D eigenvalue weighted by Crippen LogP contribution is 2.23. The van der Waals surface area contributed by atoms with Gasteiger partial charge in [0.05, 0.1) is 18.3 Å². The number of aryl methyl sites for hydroxylation is 1. The molecule has 0 heterocycles. The molecule has 4 nitrogen and oxygen atoms in total. The van der Waals surface area contributed by atoms with Crippen LogP contribution in [-0.4, -0.2) is 24.4 Å². The van der Waals surface area contributed by atoms with Crippen molar-refractivity contribution in [2.75, 3.05) is 18.5 Å². The molecule has 1 atom stereocenters. The monoisotopic (exact) mass is 344 g/mol. The maximum absolute atomic E-state index is 5.76. The van der Waals surface area contributed by atoms with E-state index in [9.17, 15) is 0 Å². The summed E-state index contributed by atoms with van der Waals surface area (Å²) in [5.74, 6) is 1.64. The van der Waals surface area contributed by atoms with E-state index >= 15 is 0 Å². The average molecular weight is 344 g/mol. The minimum absolute atomic E-state index is 0.0746. The zero-order valence-corrected chi connectivity index (χ0v) is 15.2. The normalized spacial score (nSPS) is 11.5. The SMILES string of the molecule is CCOc1ccccc1NC(=S)N[C@@H](C)COc1ccc(C)cc1. The number of ether oxygens (including phenoxy) is 2. The van der Waals surface area contributed by atoms with Crippen LogP contribution in [0.2, 0.25) is 0 Å². The predicted octanol–water partition coefficient (Wildman–Crippen LogP) is 4.15. The lowest BCUT2D eigenvalue weighted by molar-refractivity contribution is 0.287. The Labute approximate surface area is 149 Å². The lowest BCUT2D eigenvalue weighted by atomic mass is 10.2. The number of hydrogen-bond donors (Lipinski definition) is 2. The van der Waals surface area contributed by atoms with Gasteiger partial charge in [-0.1, -0.05) is 29.8 Å². The molecule has 0 amide bonds. The molecule has 2 N–H and O–H groups in total. The van der Waals surface area contributed by atoms with Crippen molar-refractivity contribution in [1.29, 1.82) is 0 Å². The number of nitrogens with one attached hydrogen (secondary N) is 2. The van der Waals surface area contributed by atoms with Gasteiger partial charge in [0.15, 0.2) is 5.11 Å². The van der Waals surface area contributed by atoms with Crippen molar-refractivity contribution in [2.45, 2.75) is 26.8 Å². The summed E-state index contributed by atoms with van der Waals surface area (Å²) in [5, 5.41) is 6.93. The van der Waals surface area contributed by atoms with Gasteiger partial charge in [-0.3, -0.25) is 0 Å². The van der Waals surface area contributed by atoms with Crippen molar-refractivity contribution < 1.29 is 9.47 Å². The van der Waals surface area contributed by atoms with Gasteiger partial charge in [0.2, 0.25) is 0 Å². The fraction of sp³-hybridized carbons (Fsp3) is 0.316. The van der Waals surface area contributed by atoms with Crippen LogP contribution in [0, 0.1) is 6.92 Å². The second-order valence-corrected chi connectivity index (χ2v) is 5.96. The van der Waals surface area contributed by atoms with Gasteiger partial charge in [-0.05, 0) is 57.3 Å². The summed E-state index contributed by atoms with van der Waals surface area (Å²) in [7, 11) is 0. The lowest BCUT2D eigenvalue weighted by Crippen LogP contribution is -2.39. The molecule has 2 rings (SSSR count). The van der Waals surface area contributed by atoms with Crippen LogP contribution < -0.4 is 20.1 Å². The lowest BCUT2D eigenvalue weighted by Gasteiger charge is -2.19. The van der Waals surface area contributed by atoms with Gasteiger partial charge in [0.1, 0.15) is 18.1 Å². The first-order valence-electron chi connectivity index (χ1n) is 8.07. The van der Waals surface area contributed by atoms with Gasteiger partial charge in [-0.25, -0.2) is 0 Å². The molecule has 0 saturated heterocycles. The fourth-order valence-corrected chi connectivity index (χ4v) is 2.44. The fourth-order valence-electron chi connectivity index (χ4n) is 2.13. The molecule has 0 unspecified atom stereocenters. The second kappa shape index (κ2) is 9.13.